The monoisotopic (exact) mass is 459 g/mol. The number of methoxy groups -OCH3 is 1. The number of carbonyl (C=O) groups is 1. The summed E-state index contributed by atoms with van der Waals surface area (Å²) < 4.78 is 11.3. The van der Waals surface area contributed by atoms with Crippen LogP contribution in [0.1, 0.15) is 5.56 Å². The lowest BCUT2D eigenvalue weighted by atomic mass is 10.0. The maximum absolute atomic E-state index is 12.9. The number of carbonyl (C=O) groups excluding carboxylic acids is 1. The fourth-order valence-corrected chi connectivity index (χ4v) is 4.23. The van der Waals surface area contributed by atoms with E-state index < -0.39 is 0 Å². The van der Waals surface area contributed by atoms with E-state index in [-0.39, 0.29) is 12.5 Å². The number of anilines is 1. The third-order valence-corrected chi connectivity index (χ3v) is 6.08. The number of rotatable bonds is 8. The molecule has 0 bridgehead atoms. The Kier molecular flexibility index (Phi) is 7.70. The van der Waals surface area contributed by atoms with E-state index in [0.717, 1.165) is 47.9 Å². The summed E-state index contributed by atoms with van der Waals surface area (Å²) in [6, 6.07) is 24.6. The van der Waals surface area contributed by atoms with E-state index in [1.807, 2.05) is 55.4 Å². The van der Waals surface area contributed by atoms with Gasteiger partial charge in [0.2, 0.25) is 0 Å². The van der Waals surface area contributed by atoms with E-state index in [0.29, 0.717) is 13.1 Å². The molecule has 6 nitrogen and oxygen atoms in total. The van der Waals surface area contributed by atoms with Gasteiger partial charge in [-0.05, 0) is 61.6 Å². The fourth-order valence-electron chi connectivity index (χ4n) is 4.23. The van der Waals surface area contributed by atoms with E-state index in [2.05, 4.69) is 46.2 Å². The SMILES string of the molecule is COc1ccc(N2CCN(C(=O)COc3ccc(-c4ccccc4)cc3CN(C)C)CC2)cc1. The molecular weight excluding hydrogens is 426 g/mol. The van der Waals surface area contributed by atoms with Gasteiger partial charge in [0, 0.05) is 44.0 Å². The van der Waals surface area contributed by atoms with Crippen molar-refractivity contribution in [2.75, 3.05) is 58.9 Å². The minimum Gasteiger partial charge on any atom is -0.497 e. The van der Waals surface area contributed by atoms with Gasteiger partial charge in [0.25, 0.3) is 5.91 Å². The maximum atomic E-state index is 12.9. The Hall–Kier alpha value is -3.51. The predicted octanol–water partition coefficient (Wildman–Crippen LogP) is 4.15. The van der Waals surface area contributed by atoms with Crippen molar-refractivity contribution >= 4 is 11.6 Å². The first-order valence-electron chi connectivity index (χ1n) is 11.7. The Balaban J connectivity index is 1.35. The summed E-state index contributed by atoms with van der Waals surface area (Å²) in [6.07, 6.45) is 0. The van der Waals surface area contributed by atoms with Gasteiger partial charge in [-0.1, -0.05) is 36.4 Å². The van der Waals surface area contributed by atoms with E-state index in [1.165, 1.54) is 5.56 Å². The van der Waals surface area contributed by atoms with Gasteiger partial charge < -0.3 is 24.2 Å². The van der Waals surface area contributed by atoms with Gasteiger partial charge in [0.1, 0.15) is 11.5 Å². The zero-order valence-corrected chi connectivity index (χ0v) is 20.2. The molecule has 0 N–H and O–H groups in total. The molecule has 34 heavy (non-hydrogen) atoms. The number of benzene rings is 3. The molecule has 0 unspecified atom stereocenters. The molecule has 3 aromatic rings. The number of nitrogens with zero attached hydrogens (tertiary/aromatic N) is 3. The van der Waals surface area contributed by atoms with Gasteiger partial charge in [-0.15, -0.1) is 0 Å². The summed E-state index contributed by atoms with van der Waals surface area (Å²) in [5, 5.41) is 0. The highest BCUT2D eigenvalue weighted by molar-refractivity contribution is 5.78. The van der Waals surface area contributed by atoms with E-state index >= 15 is 0 Å². The largest absolute Gasteiger partial charge is 0.497 e. The molecule has 1 aliphatic rings. The highest BCUT2D eigenvalue weighted by Gasteiger charge is 2.22. The molecule has 0 radical (unpaired) electrons. The molecule has 0 aromatic heterocycles. The second-order valence-corrected chi connectivity index (χ2v) is 8.78. The Morgan fingerprint density at radius 1 is 0.882 bits per heavy atom. The Morgan fingerprint density at radius 3 is 2.24 bits per heavy atom. The van der Waals surface area contributed by atoms with Crippen molar-refractivity contribution in [3.05, 3.63) is 78.4 Å². The molecular formula is C28H33N3O3. The van der Waals surface area contributed by atoms with Crippen LogP contribution in [0.15, 0.2) is 72.8 Å². The summed E-state index contributed by atoms with van der Waals surface area (Å²) in [5.41, 5.74) is 4.53. The highest BCUT2D eigenvalue weighted by Crippen LogP contribution is 2.28. The molecule has 3 aromatic carbocycles. The smallest absolute Gasteiger partial charge is 0.260 e. The molecule has 0 saturated carbocycles. The Labute approximate surface area is 202 Å². The molecule has 0 atom stereocenters. The predicted molar refractivity (Wildman–Crippen MR) is 137 cm³/mol. The summed E-state index contributed by atoms with van der Waals surface area (Å²) in [4.78, 5) is 19.2. The molecule has 6 heteroatoms. The lowest BCUT2D eigenvalue weighted by Gasteiger charge is -2.36. The summed E-state index contributed by atoms with van der Waals surface area (Å²) in [5.74, 6) is 1.64. The third-order valence-electron chi connectivity index (χ3n) is 6.08. The molecule has 1 fully saturated rings. The molecule has 1 heterocycles. The van der Waals surface area contributed by atoms with Crippen LogP contribution in [0.25, 0.3) is 11.1 Å². The van der Waals surface area contributed by atoms with Crippen molar-refractivity contribution in [1.82, 2.24) is 9.80 Å². The molecule has 0 aliphatic carbocycles. The summed E-state index contributed by atoms with van der Waals surface area (Å²) >= 11 is 0. The number of ether oxygens (including phenoxy) is 2. The highest BCUT2D eigenvalue weighted by atomic mass is 16.5. The van der Waals surface area contributed by atoms with Crippen molar-refractivity contribution in [2.45, 2.75) is 6.54 Å². The molecule has 4 rings (SSSR count). The molecule has 1 amide bonds. The van der Waals surface area contributed by atoms with E-state index in [9.17, 15) is 4.79 Å². The normalized spacial score (nSPS) is 13.8. The Bertz CT molecular complexity index is 1080. The molecule has 1 aliphatic heterocycles. The average molecular weight is 460 g/mol. The minimum absolute atomic E-state index is 0.0253. The molecule has 178 valence electrons. The number of hydrogen-bond acceptors (Lipinski definition) is 5. The van der Waals surface area contributed by atoms with Crippen LogP contribution in [0, 0.1) is 0 Å². The van der Waals surface area contributed by atoms with Crippen LogP contribution < -0.4 is 14.4 Å². The summed E-state index contributed by atoms with van der Waals surface area (Å²) in [7, 11) is 5.74. The van der Waals surface area contributed by atoms with Crippen LogP contribution in [-0.4, -0.2) is 69.7 Å². The van der Waals surface area contributed by atoms with Crippen molar-refractivity contribution in [3.8, 4) is 22.6 Å². The van der Waals surface area contributed by atoms with Crippen molar-refractivity contribution in [2.24, 2.45) is 0 Å². The summed E-state index contributed by atoms with van der Waals surface area (Å²) in [6.45, 7) is 3.77. The van der Waals surface area contributed by atoms with Crippen molar-refractivity contribution in [1.29, 1.82) is 0 Å². The lowest BCUT2D eigenvalue weighted by molar-refractivity contribution is -0.133. The Morgan fingerprint density at radius 2 is 1.59 bits per heavy atom. The second kappa shape index (κ2) is 11.1. The minimum atomic E-state index is 0.0253. The molecule has 1 saturated heterocycles. The van der Waals surface area contributed by atoms with Crippen LogP contribution in [0.3, 0.4) is 0 Å². The topological polar surface area (TPSA) is 45.3 Å². The molecule has 0 spiro atoms. The zero-order chi connectivity index (χ0) is 23.9. The van der Waals surface area contributed by atoms with E-state index in [1.54, 1.807) is 7.11 Å². The van der Waals surface area contributed by atoms with Crippen LogP contribution in [-0.2, 0) is 11.3 Å². The third kappa shape index (κ3) is 5.88. The van der Waals surface area contributed by atoms with Crippen LogP contribution in [0.4, 0.5) is 5.69 Å². The van der Waals surface area contributed by atoms with Crippen LogP contribution in [0.2, 0.25) is 0 Å². The quantitative estimate of drug-likeness (QED) is 0.506. The first-order valence-corrected chi connectivity index (χ1v) is 11.7. The maximum Gasteiger partial charge on any atom is 0.260 e. The van der Waals surface area contributed by atoms with Crippen LogP contribution in [0.5, 0.6) is 11.5 Å². The van der Waals surface area contributed by atoms with Gasteiger partial charge in [0.05, 0.1) is 7.11 Å². The number of piperazine rings is 1. The number of amides is 1. The van der Waals surface area contributed by atoms with Gasteiger partial charge in [0.15, 0.2) is 6.61 Å². The zero-order valence-electron chi connectivity index (χ0n) is 20.2. The van der Waals surface area contributed by atoms with E-state index in [4.69, 9.17) is 9.47 Å². The van der Waals surface area contributed by atoms with Gasteiger partial charge in [-0.3, -0.25) is 4.79 Å². The van der Waals surface area contributed by atoms with Crippen molar-refractivity contribution < 1.29 is 14.3 Å². The first kappa shape index (κ1) is 23.6. The van der Waals surface area contributed by atoms with Gasteiger partial charge in [-0.2, -0.15) is 0 Å². The first-order chi connectivity index (χ1) is 16.5. The van der Waals surface area contributed by atoms with Gasteiger partial charge >= 0.3 is 0 Å². The average Bonchev–Trinajstić information content (AvgIpc) is 2.88. The standard InChI is InChI=1S/C28H33N3O3/c1-29(2)20-24-19-23(22-7-5-4-6-8-22)9-14-27(24)34-21-28(32)31-17-15-30(16-18-31)25-10-12-26(33-3)13-11-25/h4-14,19H,15-18,20-21H2,1-3H3. The fraction of sp³-hybridized carbons (Fsp3) is 0.321. The lowest BCUT2D eigenvalue weighted by Crippen LogP contribution is -2.50. The second-order valence-electron chi connectivity index (χ2n) is 8.78. The van der Waals surface area contributed by atoms with Crippen molar-refractivity contribution in [3.63, 3.8) is 0 Å². The van der Waals surface area contributed by atoms with Gasteiger partial charge in [-0.25, -0.2) is 0 Å². The number of hydrogen-bond donors (Lipinski definition) is 0. The van der Waals surface area contributed by atoms with Crippen LogP contribution >= 0.6 is 0 Å².